The minimum absolute atomic E-state index is 0.412. The van der Waals surface area contributed by atoms with Crippen LogP contribution < -0.4 is 5.73 Å². The van der Waals surface area contributed by atoms with Crippen LogP contribution in [0, 0.1) is 0 Å². The lowest BCUT2D eigenvalue weighted by molar-refractivity contribution is 0.153. The molecule has 0 saturated carbocycles. The monoisotopic (exact) mass is 145 g/mol. The molecule has 0 aromatic carbocycles. The molecular weight excluding hydrogens is 134 g/mol. The third-order valence-corrected chi connectivity index (χ3v) is 1.32. The highest BCUT2D eigenvalue weighted by atomic mass is 16.6. The Kier molecular flexibility index (Phi) is 2.50. The van der Waals surface area contributed by atoms with Crippen molar-refractivity contribution in [2.24, 2.45) is 5.73 Å². The van der Waals surface area contributed by atoms with Gasteiger partial charge in [-0.25, -0.2) is 4.79 Å². The van der Waals surface area contributed by atoms with Gasteiger partial charge in [-0.1, -0.05) is 0 Å². The number of carbonyl (C=O) groups is 1. The first-order valence-electron chi connectivity index (χ1n) is 3.33. The van der Waals surface area contributed by atoms with E-state index in [1.807, 2.05) is 0 Å². The topological polar surface area (TPSA) is 64.9 Å². The smallest absolute Gasteiger partial charge is 0.404 e. The summed E-state index contributed by atoms with van der Waals surface area (Å²) in [6.07, 6.45) is 1.52. The molecule has 1 heterocycles. The highest BCUT2D eigenvalue weighted by Gasteiger charge is 2.21. The molecule has 0 radical (unpaired) electrons. The number of nitrogens with two attached hydrogens (primary N) is 1. The molecule has 0 aromatic rings. The molecule has 1 saturated heterocycles. The average Bonchev–Trinajstić information content (AvgIpc) is 2.62. The maximum Gasteiger partial charge on any atom is 0.404 e. The number of epoxide rings is 1. The molecule has 4 heteroatoms. The first kappa shape index (κ1) is 7.34. The van der Waals surface area contributed by atoms with Gasteiger partial charge in [-0.2, -0.15) is 0 Å². The number of hydrogen-bond donors (Lipinski definition) is 1. The lowest BCUT2D eigenvalue weighted by Crippen LogP contribution is -2.13. The van der Waals surface area contributed by atoms with E-state index in [0.29, 0.717) is 12.7 Å². The molecular formula is C6H11NO3. The Morgan fingerprint density at radius 1 is 1.80 bits per heavy atom. The van der Waals surface area contributed by atoms with Crippen molar-refractivity contribution in [3.63, 3.8) is 0 Å². The first-order chi connectivity index (χ1) is 4.79. The van der Waals surface area contributed by atoms with Crippen LogP contribution in [-0.4, -0.2) is 25.4 Å². The van der Waals surface area contributed by atoms with Gasteiger partial charge in [0.2, 0.25) is 0 Å². The third kappa shape index (κ3) is 3.29. The minimum Gasteiger partial charge on any atom is -0.450 e. The second-order valence-electron chi connectivity index (χ2n) is 2.27. The summed E-state index contributed by atoms with van der Waals surface area (Å²) in [7, 11) is 0. The Morgan fingerprint density at radius 3 is 3.00 bits per heavy atom. The quantitative estimate of drug-likeness (QED) is 0.456. The largest absolute Gasteiger partial charge is 0.450 e. The molecule has 0 spiro atoms. The van der Waals surface area contributed by atoms with Gasteiger partial charge in [0, 0.05) is 0 Å². The summed E-state index contributed by atoms with van der Waals surface area (Å²) in [5, 5.41) is 0. The van der Waals surface area contributed by atoms with Crippen LogP contribution in [0.5, 0.6) is 0 Å². The fourth-order valence-corrected chi connectivity index (χ4v) is 0.718. The van der Waals surface area contributed by atoms with E-state index in [9.17, 15) is 4.79 Å². The van der Waals surface area contributed by atoms with Gasteiger partial charge in [0.1, 0.15) is 0 Å². The lowest BCUT2D eigenvalue weighted by Gasteiger charge is -1.97. The van der Waals surface area contributed by atoms with Crippen LogP contribution in [0.3, 0.4) is 0 Å². The highest BCUT2D eigenvalue weighted by Crippen LogP contribution is 2.14. The van der Waals surface area contributed by atoms with Gasteiger partial charge in [-0.3, -0.25) is 0 Å². The molecule has 1 unspecified atom stereocenters. The number of amides is 1. The van der Waals surface area contributed by atoms with Crippen LogP contribution in [0.1, 0.15) is 12.8 Å². The molecule has 4 nitrogen and oxygen atoms in total. The number of ether oxygens (including phenoxy) is 2. The molecule has 1 aliphatic rings. The van der Waals surface area contributed by atoms with Gasteiger partial charge in [0.05, 0.1) is 19.3 Å². The van der Waals surface area contributed by atoms with E-state index in [1.54, 1.807) is 0 Å². The Balaban J connectivity index is 1.80. The second-order valence-corrected chi connectivity index (χ2v) is 2.27. The number of carbonyl (C=O) groups excluding carboxylic acids is 1. The van der Waals surface area contributed by atoms with E-state index in [-0.39, 0.29) is 0 Å². The van der Waals surface area contributed by atoms with E-state index < -0.39 is 6.09 Å². The molecule has 0 bridgehead atoms. The van der Waals surface area contributed by atoms with Crippen LogP contribution in [-0.2, 0) is 9.47 Å². The summed E-state index contributed by atoms with van der Waals surface area (Å²) >= 11 is 0. The Morgan fingerprint density at radius 2 is 2.50 bits per heavy atom. The average molecular weight is 145 g/mol. The van der Waals surface area contributed by atoms with E-state index in [2.05, 4.69) is 4.74 Å². The molecule has 1 fully saturated rings. The van der Waals surface area contributed by atoms with Gasteiger partial charge in [-0.05, 0) is 12.8 Å². The van der Waals surface area contributed by atoms with Crippen molar-refractivity contribution < 1.29 is 14.3 Å². The Bertz CT molecular complexity index is 122. The number of primary amides is 1. The summed E-state index contributed by atoms with van der Waals surface area (Å²) in [6.45, 7) is 1.27. The molecule has 2 N–H and O–H groups in total. The van der Waals surface area contributed by atoms with Crippen molar-refractivity contribution in [1.82, 2.24) is 0 Å². The highest BCUT2D eigenvalue weighted by molar-refractivity contribution is 5.64. The molecule has 58 valence electrons. The minimum atomic E-state index is -0.697. The van der Waals surface area contributed by atoms with E-state index in [0.717, 1.165) is 19.4 Å². The van der Waals surface area contributed by atoms with E-state index >= 15 is 0 Å². The Hall–Kier alpha value is -0.770. The van der Waals surface area contributed by atoms with Crippen molar-refractivity contribution in [3.05, 3.63) is 0 Å². The molecule has 1 aliphatic heterocycles. The normalized spacial score (nSPS) is 22.2. The molecule has 0 aliphatic carbocycles. The van der Waals surface area contributed by atoms with Crippen LogP contribution in [0.15, 0.2) is 0 Å². The molecule has 1 rings (SSSR count). The van der Waals surface area contributed by atoms with Gasteiger partial charge in [-0.15, -0.1) is 0 Å². The summed E-state index contributed by atoms with van der Waals surface area (Å²) in [5.74, 6) is 0. The van der Waals surface area contributed by atoms with Crippen LogP contribution in [0.2, 0.25) is 0 Å². The van der Waals surface area contributed by atoms with Gasteiger partial charge in [0.25, 0.3) is 0 Å². The zero-order valence-electron chi connectivity index (χ0n) is 5.71. The number of hydrogen-bond acceptors (Lipinski definition) is 3. The van der Waals surface area contributed by atoms with Crippen LogP contribution >= 0.6 is 0 Å². The van der Waals surface area contributed by atoms with Gasteiger partial charge >= 0.3 is 6.09 Å². The van der Waals surface area contributed by atoms with Crippen molar-refractivity contribution in [2.75, 3.05) is 13.2 Å². The van der Waals surface area contributed by atoms with Crippen molar-refractivity contribution >= 4 is 6.09 Å². The second kappa shape index (κ2) is 3.41. The molecule has 10 heavy (non-hydrogen) atoms. The van der Waals surface area contributed by atoms with Crippen molar-refractivity contribution in [3.8, 4) is 0 Å². The third-order valence-electron chi connectivity index (χ3n) is 1.32. The van der Waals surface area contributed by atoms with E-state index in [4.69, 9.17) is 10.5 Å². The number of rotatable bonds is 4. The van der Waals surface area contributed by atoms with Gasteiger partial charge in [0.15, 0.2) is 0 Å². The van der Waals surface area contributed by atoms with Gasteiger partial charge < -0.3 is 15.2 Å². The zero-order valence-corrected chi connectivity index (χ0v) is 5.71. The Labute approximate surface area is 59.3 Å². The van der Waals surface area contributed by atoms with Crippen LogP contribution in [0.4, 0.5) is 4.79 Å². The van der Waals surface area contributed by atoms with E-state index in [1.165, 1.54) is 0 Å². The predicted octanol–water partition coefficient (Wildman–Crippen LogP) is 0.261. The zero-order chi connectivity index (χ0) is 7.40. The molecule has 1 atom stereocenters. The SMILES string of the molecule is NC(=O)OCCCC1CO1. The predicted molar refractivity (Wildman–Crippen MR) is 34.5 cm³/mol. The standard InChI is InChI=1S/C6H11NO3/c7-6(8)9-3-1-2-5-4-10-5/h5H,1-4H2,(H2,7,8). The van der Waals surface area contributed by atoms with Crippen molar-refractivity contribution in [2.45, 2.75) is 18.9 Å². The summed E-state index contributed by atoms with van der Waals surface area (Å²) < 4.78 is 9.45. The fourth-order valence-electron chi connectivity index (χ4n) is 0.718. The maximum atomic E-state index is 10.0. The maximum absolute atomic E-state index is 10.0. The fraction of sp³-hybridized carbons (Fsp3) is 0.833. The molecule has 1 amide bonds. The van der Waals surface area contributed by atoms with Crippen LogP contribution in [0.25, 0.3) is 0 Å². The first-order valence-corrected chi connectivity index (χ1v) is 3.33. The molecule has 0 aromatic heterocycles. The van der Waals surface area contributed by atoms with Crippen molar-refractivity contribution in [1.29, 1.82) is 0 Å². The summed E-state index contributed by atoms with van der Waals surface area (Å²) in [6, 6.07) is 0. The summed E-state index contributed by atoms with van der Waals surface area (Å²) in [4.78, 5) is 10.0. The lowest BCUT2D eigenvalue weighted by atomic mass is 10.3. The summed E-state index contributed by atoms with van der Waals surface area (Å²) in [5.41, 5.74) is 4.73.